The molecule has 2 unspecified atom stereocenters. The van der Waals surface area contributed by atoms with Crippen LogP contribution in [0.4, 0.5) is 0 Å². The molecule has 3 nitrogen and oxygen atoms in total. The molecule has 1 rings (SSSR count). The van der Waals surface area contributed by atoms with Gasteiger partial charge in [0, 0.05) is 24.1 Å². The van der Waals surface area contributed by atoms with Crippen molar-refractivity contribution in [3.63, 3.8) is 0 Å². The highest BCUT2D eigenvalue weighted by Crippen LogP contribution is 2.27. The molecular weight excluding hydrogens is 232 g/mol. The van der Waals surface area contributed by atoms with Crippen molar-refractivity contribution in [2.75, 3.05) is 26.8 Å². The Bertz CT molecular complexity index is 290. The van der Waals surface area contributed by atoms with E-state index < -0.39 is 0 Å². The Morgan fingerprint density at radius 2 is 2.24 bits per heavy atom. The first-order chi connectivity index (χ1) is 8.20. The van der Waals surface area contributed by atoms with E-state index in [-0.39, 0.29) is 6.04 Å². The minimum absolute atomic E-state index is 0.181. The highest BCUT2D eigenvalue weighted by atomic mass is 32.1. The predicted molar refractivity (Wildman–Crippen MR) is 74.4 cm³/mol. The Hall–Kier alpha value is -0.420. The second kappa shape index (κ2) is 7.82. The van der Waals surface area contributed by atoms with Gasteiger partial charge in [0.15, 0.2) is 0 Å². The first-order valence-corrected chi connectivity index (χ1v) is 7.15. The molecule has 0 amide bonds. The van der Waals surface area contributed by atoms with Crippen LogP contribution in [0.1, 0.15) is 31.2 Å². The number of thiophene rings is 1. The lowest BCUT2D eigenvalue weighted by Gasteiger charge is -2.31. The Kier molecular flexibility index (Phi) is 6.73. The van der Waals surface area contributed by atoms with E-state index in [4.69, 9.17) is 10.5 Å². The minimum Gasteiger partial charge on any atom is -0.380 e. The summed E-state index contributed by atoms with van der Waals surface area (Å²) >= 11 is 1.78. The van der Waals surface area contributed by atoms with Crippen molar-refractivity contribution in [2.45, 2.75) is 32.4 Å². The molecule has 1 aromatic heterocycles. The zero-order chi connectivity index (χ0) is 12.7. The highest BCUT2D eigenvalue weighted by molar-refractivity contribution is 7.10. The van der Waals surface area contributed by atoms with Gasteiger partial charge < -0.3 is 10.5 Å². The van der Waals surface area contributed by atoms with Crippen LogP contribution in [-0.2, 0) is 4.74 Å². The lowest BCUT2D eigenvalue weighted by Crippen LogP contribution is -2.39. The van der Waals surface area contributed by atoms with Gasteiger partial charge in [-0.05, 0) is 31.8 Å². The van der Waals surface area contributed by atoms with Crippen molar-refractivity contribution < 1.29 is 4.74 Å². The third kappa shape index (κ3) is 4.39. The summed E-state index contributed by atoms with van der Waals surface area (Å²) in [5.41, 5.74) is 6.24. The lowest BCUT2D eigenvalue weighted by atomic mass is 10.0. The maximum absolute atomic E-state index is 6.24. The summed E-state index contributed by atoms with van der Waals surface area (Å²) in [6, 6.07) is 4.74. The molecule has 0 aromatic carbocycles. The van der Waals surface area contributed by atoms with E-state index in [0.717, 1.165) is 26.2 Å². The normalized spacial score (nSPS) is 15.1. The smallest absolute Gasteiger partial charge is 0.0593 e. The average Bonchev–Trinajstić information content (AvgIpc) is 2.83. The molecule has 0 radical (unpaired) electrons. The Balaban J connectivity index is 2.63. The van der Waals surface area contributed by atoms with Crippen LogP contribution < -0.4 is 5.73 Å². The molecule has 0 aliphatic carbocycles. The van der Waals surface area contributed by atoms with Gasteiger partial charge in [0.2, 0.25) is 0 Å². The fourth-order valence-corrected chi connectivity index (χ4v) is 2.90. The third-order valence-corrected chi connectivity index (χ3v) is 3.92. The van der Waals surface area contributed by atoms with Crippen LogP contribution in [0, 0.1) is 0 Å². The van der Waals surface area contributed by atoms with E-state index in [1.54, 1.807) is 11.3 Å². The number of ether oxygens (including phenoxy) is 1. The van der Waals surface area contributed by atoms with Crippen LogP contribution in [0.2, 0.25) is 0 Å². The Morgan fingerprint density at radius 1 is 1.47 bits per heavy atom. The summed E-state index contributed by atoms with van der Waals surface area (Å²) < 4.78 is 5.41. The largest absolute Gasteiger partial charge is 0.380 e. The molecule has 0 bridgehead atoms. The van der Waals surface area contributed by atoms with Gasteiger partial charge in [0.25, 0.3) is 0 Å². The summed E-state index contributed by atoms with van der Waals surface area (Å²) in [6.07, 6.45) is 0.988. The van der Waals surface area contributed by atoms with Gasteiger partial charge in [0.05, 0.1) is 12.6 Å². The average molecular weight is 256 g/mol. The van der Waals surface area contributed by atoms with Gasteiger partial charge >= 0.3 is 0 Å². The molecule has 1 aromatic rings. The molecule has 4 heteroatoms. The van der Waals surface area contributed by atoms with Crippen molar-refractivity contribution in [3.05, 3.63) is 22.4 Å². The van der Waals surface area contributed by atoms with Crippen molar-refractivity contribution in [1.82, 2.24) is 4.90 Å². The van der Waals surface area contributed by atoms with Crippen LogP contribution >= 0.6 is 11.3 Å². The van der Waals surface area contributed by atoms with Crippen LogP contribution in [-0.4, -0.2) is 37.7 Å². The number of nitrogens with two attached hydrogens (primary N) is 1. The van der Waals surface area contributed by atoms with E-state index in [0.29, 0.717) is 6.04 Å². The van der Waals surface area contributed by atoms with Gasteiger partial charge in [-0.25, -0.2) is 0 Å². The second-order valence-corrected chi connectivity index (χ2v) is 5.19. The maximum Gasteiger partial charge on any atom is 0.0593 e. The minimum atomic E-state index is 0.181. The zero-order valence-corrected chi connectivity index (χ0v) is 11.9. The molecule has 2 N–H and O–H groups in total. The van der Waals surface area contributed by atoms with Crippen LogP contribution in [0.5, 0.6) is 0 Å². The lowest BCUT2D eigenvalue weighted by molar-refractivity contribution is 0.101. The van der Waals surface area contributed by atoms with Gasteiger partial charge in [-0.2, -0.15) is 0 Å². The Labute approximate surface area is 109 Å². The van der Waals surface area contributed by atoms with Crippen molar-refractivity contribution in [3.8, 4) is 0 Å². The SMILES string of the molecule is CCOCCN(C)C(c1cccs1)C(N)CC. The van der Waals surface area contributed by atoms with Crippen molar-refractivity contribution in [2.24, 2.45) is 5.73 Å². The monoisotopic (exact) mass is 256 g/mol. The van der Waals surface area contributed by atoms with E-state index >= 15 is 0 Å². The zero-order valence-electron chi connectivity index (χ0n) is 11.1. The molecule has 0 aliphatic rings. The molecule has 0 fully saturated rings. The summed E-state index contributed by atoms with van der Waals surface area (Å²) in [5, 5.41) is 2.11. The Morgan fingerprint density at radius 3 is 2.76 bits per heavy atom. The standard InChI is InChI=1S/C13H24N2OS/c1-4-11(14)13(12-7-6-10-17-12)15(3)8-9-16-5-2/h6-7,10-11,13H,4-5,8-9,14H2,1-3H3. The third-order valence-electron chi connectivity index (χ3n) is 2.98. The molecule has 0 spiro atoms. The van der Waals surface area contributed by atoms with Crippen molar-refractivity contribution >= 4 is 11.3 Å². The van der Waals surface area contributed by atoms with E-state index in [2.05, 4.69) is 36.4 Å². The summed E-state index contributed by atoms with van der Waals surface area (Å²) in [5.74, 6) is 0. The number of hydrogen-bond acceptors (Lipinski definition) is 4. The van der Waals surface area contributed by atoms with Crippen LogP contribution in [0.25, 0.3) is 0 Å². The number of hydrogen-bond donors (Lipinski definition) is 1. The highest BCUT2D eigenvalue weighted by Gasteiger charge is 2.23. The van der Waals surface area contributed by atoms with Gasteiger partial charge in [0.1, 0.15) is 0 Å². The van der Waals surface area contributed by atoms with E-state index in [9.17, 15) is 0 Å². The van der Waals surface area contributed by atoms with E-state index in [1.807, 2.05) is 6.92 Å². The number of nitrogens with zero attached hydrogens (tertiary/aromatic N) is 1. The molecule has 0 saturated carbocycles. The fraction of sp³-hybridized carbons (Fsp3) is 0.692. The quantitative estimate of drug-likeness (QED) is 0.726. The predicted octanol–water partition coefficient (Wildman–Crippen LogP) is 2.49. The summed E-state index contributed by atoms with van der Waals surface area (Å²) in [4.78, 5) is 3.65. The van der Waals surface area contributed by atoms with E-state index in [1.165, 1.54) is 4.88 Å². The molecule has 98 valence electrons. The molecule has 0 saturated heterocycles. The molecule has 17 heavy (non-hydrogen) atoms. The first-order valence-electron chi connectivity index (χ1n) is 6.27. The molecule has 0 aliphatic heterocycles. The van der Waals surface area contributed by atoms with Crippen LogP contribution in [0.3, 0.4) is 0 Å². The maximum atomic E-state index is 6.24. The molecular formula is C13H24N2OS. The first kappa shape index (κ1) is 14.6. The summed E-state index contributed by atoms with van der Waals surface area (Å²) in [6.45, 7) is 6.63. The van der Waals surface area contributed by atoms with Gasteiger partial charge in [-0.1, -0.05) is 13.0 Å². The van der Waals surface area contributed by atoms with Gasteiger partial charge in [-0.15, -0.1) is 11.3 Å². The van der Waals surface area contributed by atoms with Crippen molar-refractivity contribution in [1.29, 1.82) is 0 Å². The number of rotatable bonds is 8. The van der Waals surface area contributed by atoms with Crippen LogP contribution in [0.15, 0.2) is 17.5 Å². The summed E-state index contributed by atoms with van der Waals surface area (Å²) in [7, 11) is 2.12. The fourth-order valence-electron chi connectivity index (χ4n) is 1.93. The molecule has 1 heterocycles. The van der Waals surface area contributed by atoms with Gasteiger partial charge in [-0.3, -0.25) is 4.90 Å². The number of likely N-dealkylation sites (N-methyl/N-ethyl adjacent to an activating group) is 1. The molecule has 2 atom stereocenters. The second-order valence-electron chi connectivity index (χ2n) is 4.21. The topological polar surface area (TPSA) is 38.5 Å².